The molecule has 0 unspecified atom stereocenters. The maximum absolute atomic E-state index is 13.1. The van der Waals surface area contributed by atoms with Crippen LogP contribution >= 0.6 is 7.60 Å². The Balaban J connectivity index is 0.00000480. The van der Waals surface area contributed by atoms with E-state index in [4.69, 9.17) is 9.05 Å². The fourth-order valence-corrected chi connectivity index (χ4v) is 5.20. The zero-order valence-electron chi connectivity index (χ0n) is 18.0. The molecule has 0 spiro atoms. The lowest BCUT2D eigenvalue weighted by atomic mass is 9.89. The van der Waals surface area contributed by atoms with Crippen molar-refractivity contribution >= 4 is 7.60 Å². The Morgan fingerprint density at radius 3 is 1.61 bits per heavy atom. The molecule has 8 nitrogen and oxygen atoms in total. The third kappa shape index (κ3) is 7.91. The van der Waals surface area contributed by atoms with Crippen LogP contribution in [0.15, 0.2) is 36.4 Å². The standard InChI is InChI=1S/C21H30NO7P.ClH/c1-13(2)28-30(27,29-14(3)4)12-22-11-19(17-7-5-15(23)9-20(17)25)18-8-6-16(24)10-21(18)26;/h5-10,13-14,19,22-26H,11-12H2,1-4H3;1H. The van der Waals surface area contributed by atoms with Gasteiger partial charge < -0.3 is 47.2 Å². The smallest absolute Gasteiger partial charge is 0.384 e. The summed E-state index contributed by atoms with van der Waals surface area (Å²) in [6.07, 6.45) is -0.500. The van der Waals surface area contributed by atoms with E-state index in [1.807, 2.05) is 0 Å². The molecule has 0 aliphatic carbocycles. The number of hydrogen-bond acceptors (Lipinski definition) is 7. The van der Waals surface area contributed by atoms with Crippen LogP contribution < -0.4 is 17.7 Å². The summed E-state index contributed by atoms with van der Waals surface area (Å²) in [6, 6.07) is 8.43. The van der Waals surface area contributed by atoms with Gasteiger partial charge in [0.05, 0.1) is 24.7 Å². The molecule has 6 N–H and O–H groups in total. The second-order valence-electron chi connectivity index (χ2n) is 7.67. The highest BCUT2D eigenvalue weighted by Gasteiger charge is 2.31. The van der Waals surface area contributed by atoms with E-state index in [-0.39, 0.29) is 53.9 Å². The predicted octanol–water partition coefficient (Wildman–Crippen LogP) is 0.209. The molecular weight excluding hydrogens is 445 g/mol. The van der Waals surface area contributed by atoms with E-state index in [0.717, 1.165) is 0 Å². The van der Waals surface area contributed by atoms with Gasteiger partial charge in [0.1, 0.15) is 23.0 Å². The number of aromatic hydroxyl groups is 4. The molecule has 0 heterocycles. The highest BCUT2D eigenvalue weighted by Crippen LogP contribution is 2.48. The van der Waals surface area contributed by atoms with E-state index >= 15 is 0 Å². The number of halogens is 1. The van der Waals surface area contributed by atoms with Crippen LogP contribution in [0.2, 0.25) is 0 Å². The van der Waals surface area contributed by atoms with Gasteiger partial charge in [0.25, 0.3) is 0 Å². The molecule has 0 fully saturated rings. The topological polar surface area (TPSA) is 133 Å². The summed E-state index contributed by atoms with van der Waals surface area (Å²) < 4.78 is 24.2. The van der Waals surface area contributed by atoms with Gasteiger partial charge in [-0.2, -0.15) is 0 Å². The second-order valence-corrected chi connectivity index (χ2v) is 9.67. The zero-order chi connectivity index (χ0) is 22.5. The van der Waals surface area contributed by atoms with Crippen LogP contribution in [0, 0.1) is 0 Å². The molecule has 0 bridgehead atoms. The Kier molecular flexibility index (Phi) is 10.1. The van der Waals surface area contributed by atoms with Crippen LogP contribution in [0.5, 0.6) is 23.0 Å². The SMILES string of the molecule is CC(C)OP(=O)(C[NH2+]CC(c1ccc(O)cc1O)c1ccc(O)cc1O)OC(C)C.[Cl-]. The van der Waals surface area contributed by atoms with E-state index in [1.165, 1.54) is 24.3 Å². The van der Waals surface area contributed by atoms with Crippen molar-refractivity contribution in [2.24, 2.45) is 0 Å². The summed E-state index contributed by atoms with van der Waals surface area (Å²) in [5.41, 5.74) is 0.934. The summed E-state index contributed by atoms with van der Waals surface area (Å²) in [6.45, 7) is 7.41. The quantitative estimate of drug-likeness (QED) is 0.310. The first-order valence-corrected chi connectivity index (χ1v) is 11.5. The van der Waals surface area contributed by atoms with E-state index in [1.54, 1.807) is 45.1 Å². The maximum Gasteiger partial charge on any atom is 0.384 e. The highest BCUT2D eigenvalue weighted by molar-refractivity contribution is 7.53. The van der Waals surface area contributed by atoms with Gasteiger partial charge in [-0.3, -0.25) is 4.57 Å². The summed E-state index contributed by atoms with van der Waals surface area (Å²) in [5.74, 6) is -0.970. The molecule has 0 saturated carbocycles. The van der Waals surface area contributed by atoms with Crippen molar-refractivity contribution in [3.63, 3.8) is 0 Å². The van der Waals surface area contributed by atoms with Gasteiger partial charge in [-0.25, -0.2) is 0 Å². The largest absolute Gasteiger partial charge is 1.00 e. The minimum atomic E-state index is -3.37. The molecule has 0 aliphatic rings. The minimum Gasteiger partial charge on any atom is -1.00 e. The van der Waals surface area contributed by atoms with Crippen molar-refractivity contribution in [2.75, 3.05) is 12.8 Å². The van der Waals surface area contributed by atoms with Gasteiger partial charge >= 0.3 is 7.60 Å². The molecule has 2 aromatic rings. The monoisotopic (exact) mass is 475 g/mol. The van der Waals surface area contributed by atoms with Crippen LogP contribution in [0.4, 0.5) is 0 Å². The lowest BCUT2D eigenvalue weighted by Gasteiger charge is -2.23. The number of hydrogen-bond donors (Lipinski definition) is 5. The fraction of sp³-hybridized carbons (Fsp3) is 0.429. The molecule has 31 heavy (non-hydrogen) atoms. The first-order valence-electron chi connectivity index (χ1n) is 9.82. The summed E-state index contributed by atoms with van der Waals surface area (Å²) >= 11 is 0. The van der Waals surface area contributed by atoms with Gasteiger partial charge in [-0.15, -0.1) is 0 Å². The molecule has 10 heteroatoms. The maximum atomic E-state index is 13.1. The molecule has 0 radical (unpaired) electrons. The number of benzene rings is 2. The van der Waals surface area contributed by atoms with Crippen LogP contribution in [0.3, 0.4) is 0 Å². The molecular formula is C21H31ClNO7P. The lowest BCUT2D eigenvalue weighted by molar-refractivity contribution is -0.641. The van der Waals surface area contributed by atoms with Crippen molar-refractivity contribution in [1.29, 1.82) is 0 Å². The predicted molar refractivity (Wildman–Crippen MR) is 113 cm³/mol. The first-order chi connectivity index (χ1) is 14.0. The number of quaternary nitrogens is 1. The average molecular weight is 476 g/mol. The Morgan fingerprint density at radius 2 is 1.26 bits per heavy atom. The van der Waals surface area contributed by atoms with Gasteiger partial charge in [-0.1, -0.05) is 12.1 Å². The first kappa shape index (κ1) is 27.1. The van der Waals surface area contributed by atoms with E-state index in [9.17, 15) is 25.0 Å². The summed E-state index contributed by atoms with van der Waals surface area (Å²) in [5, 5.41) is 41.7. The number of phenols is 4. The molecule has 2 rings (SSSR count). The second kappa shape index (κ2) is 11.6. The van der Waals surface area contributed by atoms with Crippen molar-refractivity contribution in [3.8, 4) is 23.0 Å². The van der Waals surface area contributed by atoms with Gasteiger partial charge in [-0.05, 0) is 39.8 Å². The Hall–Kier alpha value is -1.96. The van der Waals surface area contributed by atoms with Crippen molar-refractivity contribution < 1.29 is 51.8 Å². The Labute approximate surface area is 188 Å². The molecule has 0 aliphatic heterocycles. The van der Waals surface area contributed by atoms with Crippen molar-refractivity contribution in [3.05, 3.63) is 47.5 Å². The van der Waals surface area contributed by atoms with E-state index in [0.29, 0.717) is 17.7 Å². The third-order valence-electron chi connectivity index (χ3n) is 4.28. The molecule has 0 atom stereocenters. The zero-order valence-corrected chi connectivity index (χ0v) is 19.7. The number of nitrogens with two attached hydrogens (primary N) is 1. The van der Waals surface area contributed by atoms with Crippen LogP contribution in [0.1, 0.15) is 44.7 Å². The minimum absolute atomic E-state index is 0. The lowest BCUT2D eigenvalue weighted by Crippen LogP contribution is -3.00. The van der Waals surface area contributed by atoms with Gasteiger partial charge in [0.15, 0.2) is 6.29 Å². The van der Waals surface area contributed by atoms with Gasteiger partial charge in [0.2, 0.25) is 0 Å². The molecule has 2 aromatic carbocycles. The summed E-state index contributed by atoms with van der Waals surface area (Å²) in [7, 11) is -3.37. The molecule has 0 aromatic heterocycles. The van der Waals surface area contributed by atoms with Crippen molar-refractivity contribution in [2.45, 2.75) is 45.8 Å². The van der Waals surface area contributed by atoms with E-state index < -0.39 is 13.5 Å². The highest BCUT2D eigenvalue weighted by atomic mass is 35.5. The average Bonchev–Trinajstić information content (AvgIpc) is 2.58. The Bertz CT molecular complexity index is 842. The van der Waals surface area contributed by atoms with E-state index in [2.05, 4.69) is 0 Å². The molecule has 174 valence electrons. The van der Waals surface area contributed by atoms with Crippen molar-refractivity contribution in [1.82, 2.24) is 0 Å². The third-order valence-corrected chi connectivity index (χ3v) is 6.47. The molecule has 0 amide bonds. The number of rotatable bonds is 10. The van der Waals surface area contributed by atoms with Crippen LogP contribution in [-0.2, 0) is 13.6 Å². The van der Waals surface area contributed by atoms with Gasteiger partial charge in [0, 0.05) is 23.3 Å². The summed E-state index contributed by atoms with van der Waals surface area (Å²) in [4.78, 5) is 0. The van der Waals surface area contributed by atoms with Crippen LogP contribution in [0.25, 0.3) is 0 Å². The molecule has 0 saturated heterocycles. The van der Waals surface area contributed by atoms with Crippen LogP contribution in [-0.4, -0.2) is 45.5 Å². The Morgan fingerprint density at radius 1 is 0.839 bits per heavy atom. The number of phenolic OH excluding ortho intramolecular Hbond substituents is 4. The fourth-order valence-electron chi connectivity index (χ4n) is 3.23. The normalized spacial score (nSPS) is 11.8.